The number of hydrogen-bond donors (Lipinski definition) is 2. The first-order valence-corrected chi connectivity index (χ1v) is 8.34. The number of allylic oxidation sites excluding steroid dienone is 1. The summed E-state index contributed by atoms with van der Waals surface area (Å²) in [4.78, 5) is 38.6. The summed E-state index contributed by atoms with van der Waals surface area (Å²) in [7, 11) is 1.19. The van der Waals surface area contributed by atoms with Crippen molar-refractivity contribution in [2.45, 2.75) is 32.3 Å². The summed E-state index contributed by atoms with van der Waals surface area (Å²) in [5.41, 5.74) is 4.80. The highest BCUT2D eigenvalue weighted by Crippen LogP contribution is 2.52. The topological polar surface area (TPSA) is 117 Å². The van der Waals surface area contributed by atoms with Crippen molar-refractivity contribution >= 4 is 23.6 Å². The summed E-state index contributed by atoms with van der Waals surface area (Å²) in [6.07, 6.45) is -0.462. The van der Waals surface area contributed by atoms with Gasteiger partial charge in [0, 0.05) is 11.3 Å². The number of anilines is 1. The van der Waals surface area contributed by atoms with Crippen LogP contribution in [0.25, 0.3) is 0 Å². The number of para-hydroxylation sites is 1. The first-order valence-electron chi connectivity index (χ1n) is 8.34. The van der Waals surface area contributed by atoms with Crippen LogP contribution in [0.1, 0.15) is 26.3 Å². The molecular formula is C19H20N2O6. The Balaban J connectivity index is 2.38. The normalized spacial score (nSPS) is 21.1. The average molecular weight is 372 g/mol. The number of methoxy groups -OCH3 is 1. The van der Waals surface area contributed by atoms with Gasteiger partial charge >= 0.3 is 17.9 Å². The van der Waals surface area contributed by atoms with E-state index in [1.54, 1.807) is 38.1 Å². The van der Waals surface area contributed by atoms with Gasteiger partial charge in [0.25, 0.3) is 0 Å². The van der Waals surface area contributed by atoms with Crippen LogP contribution >= 0.6 is 0 Å². The Kier molecular flexibility index (Phi) is 4.43. The van der Waals surface area contributed by atoms with Gasteiger partial charge in [-0.2, -0.15) is 0 Å². The predicted octanol–water partition coefficient (Wildman–Crippen LogP) is 1.48. The summed E-state index contributed by atoms with van der Waals surface area (Å²) in [5, 5.41) is 2.90. The quantitative estimate of drug-likeness (QED) is 0.605. The Hall–Kier alpha value is -3.29. The molecule has 0 saturated heterocycles. The molecule has 2 aliphatic heterocycles. The van der Waals surface area contributed by atoms with Crippen LogP contribution in [-0.4, -0.2) is 31.1 Å². The number of esters is 3. The summed E-state index contributed by atoms with van der Waals surface area (Å²) < 4.78 is 15.5. The standard InChI is InChI=1S/C19H20N2O6/c1-9(2)26-17(23)14-15(20)21-12-8-6-5-7-11(12)19(14)13(16(22)25-4)10(3)27-18(19)24/h5-9,21H,20H2,1-4H3/t19-/m1/s1. The molecule has 0 unspecified atom stereocenters. The third-order valence-corrected chi connectivity index (χ3v) is 4.46. The number of carbonyl (C=O) groups is 3. The van der Waals surface area contributed by atoms with Gasteiger partial charge in [-0.25, -0.2) is 14.4 Å². The van der Waals surface area contributed by atoms with Gasteiger partial charge < -0.3 is 25.3 Å². The molecule has 3 rings (SSSR count). The predicted molar refractivity (Wildman–Crippen MR) is 95.0 cm³/mol. The first-order chi connectivity index (χ1) is 12.7. The third-order valence-electron chi connectivity index (χ3n) is 4.46. The van der Waals surface area contributed by atoms with Crippen LogP contribution in [-0.2, 0) is 34.0 Å². The lowest BCUT2D eigenvalue weighted by Crippen LogP contribution is -2.48. The maximum absolute atomic E-state index is 13.1. The fraction of sp³-hybridized carbons (Fsp3) is 0.316. The number of carbonyl (C=O) groups excluding carboxylic acids is 3. The fourth-order valence-electron chi connectivity index (χ4n) is 3.50. The molecule has 0 amide bonds. The average Bonchev–Trinajstić information content (AvgIpc) is 2.84. The minimum atomic E-state index is -1.87. The van der Waals surface area contributed by atoms with E-state index in [0.29, 0.717) is 11.3 Å². The highest BCUT2D eigenvalue weighted by atomic mass is 16.6. The zero-order valence-electron chi connectivity index (χ0n) is 15.4. The van der Waals surface area contributed by atoms with E-state index >= 15 is 0 Å². The molecule has 0 bridgehead atoms. The maximum Gasteiger partial charge on any atom is 0.339 e. The van der Waals surface area contributed by atoms with Crippen LogP contribution in [0.15, 0.2) is 47.0 Å². The number of cyclic esters (lactones) is 1. The number of fused-ring (bicyclic) bond motifs is 2. The number of nitrogens with one attached hydrogen (secondary N) is 1. The monoisotopic (exact) mass is 372 g/mol. The summed E-state index contributed by atoms with van der Waals surface area (Å²) in [5.74, 6) is -2.47. The molecule has 1 atom stereocenters. The molecule has 2 heterocycles. The number of hydrogen-bond acceptors (Lipinski definition) is 8. The SMILES string of the molecule is COC(=O)C1=C(C)OC(=O)[C@@]12C(C(=O)OC(C)C)=C(N)Nc1ccccc12. The third kappa shape index (κ3) is 2.56. The zero-order chi connectivity index (χ0) is 19.9. The van der Waals surface area contributed by atoms with Crippen LogP contribution in [0.5, 0.6) is 0 Å². The molecule has 0 fully saturated rings. The van der Waals surface area contributed by atoms with Crippen LogP contribution in [0.3, 0.4) is 0 Å². The smallest absolute Gasteiger partial charge is 0.339 e. The van der Waals surface area contributed by atoms with Gasteiger partial charge in [-0.3, -0.25) is 0 Å². The molecule has 8 nitrogen and oxygen atoms in total. The van der Waals surface area contributed by atoms with Gasteiger partial charge in [-0.05, 0) is 26.8 Å². The second kappa shape index (κ2) is 6.46. The number of nitrogens with two attached hydrogens (primary N) is 1. The summed E-state index contributed by atoms with van der Waals surface area (Å²) in [6.45, 7) is 4.80. The van der Waals surface area contributed by atoms with E-state index in [1.807, 2.05) is 0 Å². The molecule has 0 radical (unpaired) electrons. The van der Waals surface area contributed by atoms with Gasteiger partial charge in [0.15, 0.2) is 5.41 Å². The van der Waals surface area contributed by atoms with E-state index in [4.69, 9.17) is 19.9 Å². The van der Waals surface area contributed by atoms with E-state index in [-0.39, 0.29) is 22.7 Å². The second-order valence-corrected chi connectivity index (χ2v) is 6.48. The van der Waals surface area contributed by atoms with Crippen molar-refractivity contribution in [2.75, 3.05) is 12.4 Å². The maximum atomic E-state index is 13.1. The Morgan fingerprint density at radius 1 is 1.19 bits per heavy atom. The Labute approximate surface area is 155 Å². The molecule has 3 N–H and O–H groups in total. The molecule has 0 aliphatic carbocycles. The van der Waals surface area contributed by atoms with E-state index in [1.165, 1.54) is 14.0 Å². The van der Waals surface area contributed by atoms with Crippen molar-refractivity contribution in [1.82, 2.24) is 0 Å². The lowest BCUT2D eigenvalue weighted by atomic mass is 9.67. The highest BCUT2D eigenvalue weighted by Gasteiger charge is 2.62. The minimum absolute atomic E-state index is 0.0474. The van der Waals surface area contributed by atoms with Crippen molar-refractivity contribution < 1.29 is 28.6 Å². The largest absolute Gasteiger partial charge is 0.466 e. The van der Waals surface area contributed by atoms with Gasteiger partial charge in [0.1, 0.15) is 22.7 Å². The molecule has 0 aromatic heterocycles. The van der Waals surface area contributed by atoms with E-state index in [0.717, 1.165) is 0 Å². The Morgan fingerprint density at radius 2 is 1.85 bits per heavy atom. The van der Waals surface area contributed by atoms with Crippen molar-refractivity contribution in [1.29, 1.82) is 0 Å². The van der Waals surface area contributed by atoms with E-state index in [2.05, 4.69) is 5.32 Å². The van der Waals surface area contributed by atoms with E-state index < -0.39 is 29.4 Å². The van der Waals surface area contributed by atoms with Crippen molar-refractivity contribution in [3.63, 3.8) is 0 Å². The van der Waals surface area contributed by atoms with Crippen LogP contribution in [0.4, 0.5) is 5.69 Å². The van der Waals surface area contributed by atoms with Crippen LogP contribution in [0.2, 0.25) is 0 Å². The van der Waals surface area contributed by atoms with Gasteiger partial charge in [-0.1, -0.05) is 18.2 Å². The Morgan fingerprint density at radius 3 is 2.48 bits per heavy atom. The van der Waals surface area contributed by atoms with Crippen molar-refractivity contribution in [3.05, 3.63) is 52.6 Å². The first kappa shape index (κ1) is 18.5. The number of benzene rings is 1. The van der Waals surface area contributed by atoms with Gasteiger partial charge in [0.05, 0.1) is 13.2 Å². The van der Waals surface area contributed by atoms with Crippen molar-refractivity contribution in [2.24, 2.45) is 5.73 Å². The number of ether oxygens (including phenoxy) is 3. The molecule has 2 aliphatic rings. The van der Waals surface area contributed by atoms with Crippen LogP contribution < -0.4 is 11.1 Å². The Bertz CT molecular complexity index is 915. The minimum Gasteiger partial charge on any atom is -0.466 e. The lowest BCUT2D eigenvalue weighted by Gasteiger charge is -2.36. The second-order valence-electron chi connectivity index (χ2n) is 6.48. The van der Waals surface area contributed by atoms with E-state index in [9.17, 15) is 14.4 Å². The van der Waals surface area contributed by atoms with Gasteiger partial charge in [0.2, 0.25) is 0 Å². The molecule has 27 heavy (non-hydrogen) atoms. The molecular weight excluding hydrogens is 352 g/mol. The number of rotatable bonds is 3. The summed E-state index contributed by atoms with van der Waals surface area (Å²) in [6, 6.07) is 6.73. The molecule has 1 aromatic carbocycles. The molecule has 1 spiro atoms. The van der Waals surface area contributed by atoms with Crippen LogP contribution in [0, 0.1) is 0 Å². The fourth-order valence-corrected chi connectivity index (χ4v) is 3.50. The molecule has 142 valence electrons. The zero-order valence-corrected chi connectivity index (χ0v) is 15.4. The summed E-state index contributed by atoms with van der Waals surface area (Å²) >= 11 is 0. The lowest BCUT2D eigenvalue weighted by molar-refractivity contribution is -0.148. The molecule has 8 heteroatoms. The molecule has 0 saturated carbocycles. The highest BCUT2D eigenvalue weighted by molar-refractivity contribution is 6.15. The van der Waals surface area contributed by atoms with Gasteiger partial charge in [-0.15, -0.1) is 0 Å². The molecule has 1 aromatic rings. The van der Waals surface area contributed by atoms with Crippen molar-refractivity contribution in [3.8, 4) is 0 Å².